The lowest BCUT2D eigenvalue weighted by Gasteiger charge is -2.11. The monoisotopic (exact) mass is 232 g/mol. The number of anilines is 3. The highest BCUT2D eigenvalue weighted by molar-refractivity contribution is 6.33. The fraction of sp³-hybridized carbons (Fsp3) is 0.0769. The molecule has 0 aliphatic heterocycles. The van der Waals surface area contributed by atoms with Crippen LogP contribution < -0.4 is 11.1 Å². The highest BCUT2D eigenvalue weighted by Gasteiger charge is 2.02. The summed E-state index contributed by atoms with van der Waals surface area (Å²) < 4.78 is 0. The van der Waals surface area contributed by atoms with E-state index in [4.69, 9.17) is 17.3 Å². The largest absolute Gasteiger partial charge is 0.399 e. The van der Waals surface area contributed by atoms with Crippen LogP contribution in [0.15, 0.2) is 42.5 Å². The number of nitrogens with one attached hydrogen (secondary N) is 1. The molecule has 0 fully saturated rings. The number of rotatable bonds is 2. The molecule has 0 bridgehead atoms. The van der Waals surface area contributed by atoms with Crippen LogP contribution in [-0.2, 0) is 0 Å². The predicted octanol–water partition coefficient (Wildman–Crippen LogP) is 3.97. The van der Waals surface area contributed by atoms with Gasteiger partial charge in [-0.1, -0.05) is 29.8 Å². The van der Waals surface area contributed by atoms with E-state index in [1.807, 2.05) is 49.4 Å². The highest BCUT2D eigenvalue weighted by Crippen LogP contribution is 2.27. The van der Waals surface area contributed by atoms with Gasteiger partial charge in [0, 0.05) is 11.4 Å². The third-order valence-corrected chi connectivity index (χ3v) is 2.73. The first-order valence-electron chi connectivity index (χ1n) is 5.04. The van der Waals surface area contributed by atoms with Crippen molar-refractivity contribution in [3.63, 3.8) is 0 Å². The molecule has 0 aliphatic carbocycles. The Hall–Kier alpha value is -1.67. The van der Waals surface area contributed by atoms with Crippen molar-refractivity contribution in [2.24, 2.45) is 0 Å². The molecule has 0 heterocycles. The second-order valence-electron chi connectivity index (χ2n) is 3.68. The molecule has 0 saturated carbocycles. The molecule has 0 aliphatic rings. The molecule has 2 aromatic rings. The van der Waals surface area contributed by atoms with Crippen LogP contribution in [0.3, 0.4) is 0 Å². The van der Waals surface area contributed by atoms with E-state index in [2.05, 4.69) is 5.32 Å². The van der Waals surface area contributed by atoms with Crippen LogP contribution in [0.2, 0.25) is 5.02 Å². The third-order valence-electron chi connectivity index (χ3n) is 2.40. The second-order valence-corrected chi connectivity index (χ2v) is 4.09. The van der Waals surface area contributed by atoms with E-state index in [1.54, 1.807) is 0 Å². The van der Waals surface area contributed by atoms with Crippen molar-refractivity contribution in [1.82, 2.24) is 0 Å². The lowest BCUT2D eigenvalue weighted by atomic mass is 10.1. The van der Waals surface area contributed by atoms with E-state index in [9.17, 15) is 0 Å². The zero-order valence-corrected chi connectivity index (χ0v) is 9.75. The van der Waals surface area contributed by atoms with E-state index < -0.39 is 0 Å². The predicted molar refractivity (Wildman–Crippen MR) is 70.3 cm³/mol. The molecule has 0 unspecified atom stereocenters. The van der Waals surface area contributed by atoms with Gasteiger partial charge >= 0.3 is 0 Å². The van der Waals surface area contributed by atoms with E-state index in [0.29, 0.717) is 5.02 Å². The maximum Gasteiger partial charge on any atom is 0.0640 e. The van der Waals surface area contributed by atoms with E-state index >= 15 is 0 Å². The van der Waals surface area contributed by atoms with Crippen LogP contribution in [0, 0.1) is 6.92 Å². The molecule has 82 valence electrons. The first-order valence-corrected chi connectivity index (χ1v) is 5.42. The van der Waals surface area contributed by atoms with E-state index in [0.717, 1.165) is 22.6 Å². The van der Waals surface area contributed by atoms with Crippen molar-refractivity contribution in [3.8, 4) is 0 Å². The minimum atomic E-state index is 0.698. The number of nitrogen functional groups attached to an aromatic ring is 1. The SMILES string of the molecule is Cc1ccc(N)cc1Nc1ccccc1Cl. The van der Waals surface area contributed by atoms with Gasteiger partial charge in [-0.25, -0.2) is 0 Å². The van der Waals surface area contributed by atoms with Crippen LogP contribution in [-0.4, -0.2) is 0 Å². The van der Waals surface area contributed by atoms with Gasteiger partial charge in [-0.2, -0.15) is 0 Å². The van der Waals surface area contributed by atoms with Crippen LogP contribution >= 0.6 is 11.6 Å². The molecular formula is C13H13ClN2. The molecule has 0 saturated heterocycles. The maximum absolute atomic E-state index is 6.07. The summed E-state index contributed by atoms with van der Waals surface area (Å²) in [4.78, 5) is 0. The zero-order chi connectivity index (χ0) is 11.5. The molecule has 0 amide bonds. The zero-order valence-electron chi connectivity index (χ0n) is 9.00. The number of para-hydroxylation sites is 1. The Balaban J connectivity index is 2.34. The van der Waals surface area contributed by atoms with Crippen molar-refractivity contribution in [1.29, 1.82) is 0 Å². The minimum Gasteiger partial charge on any atom is -0.399 e. The van der Waals surface area contributed by atoms with Gasteiger partial charge in [0.25, 0.3) is 0 Å². The number of nitrogens with two attached hydrogens (primary N) is 1. The van der Waals surface area contributed by atoms with Crippen molar-refractivity contribution >= 4 is 28.7 Å². The van der Waals surface area contributed by atoms with E-state index in [1.165, 1.54) is 0 Å². The van der Waals surface area contributed by atoms with Gasteiger partial charge in [-0.3, -0.25) is 0 Å². The Morgan fingerprint density at radius 2 is 1.81 bits per heavy atom. The summed E-state index contributed by atoms with van der Waals surface area (Å²) in [5.41, 5.74) is 9.48. The van der Waals surface area contributed by atoms with Gasteiger partial charge in [-0.05, 0) is 36.8 Å². The number of benzene rings is 2. The van der Waals surface area contributed by atoms with Gasteiger partial charge in [-0.15, -0.1) is 0 Å². The van der Waals surface area contributed by atoms with Crippen molar-refractivity contribution < 1.29 is 0 Å². The second kappa shape index (κ2) is 4.45. The quantitative estimate of drug-likeness (QED) is 0.769. The van der Waals surface area contributed by atoms with Gasteiger partial charge in [0.2, 0.25) is 0 Å². The highest BCUT2D eigenvalue weighted by atomic mass is 35.5. The third kappa shape index (κ3) is 2.28. The minimum absolute atomic E-state index is 0.698. The molecule has 3 N–H and O–H groups in total. The number of aryl methyl sites for hydroxylation is 1. The molecule has 0 atom stereocenters. The van der Waals surface area contributed by atoms with Gasteiger partial charge < -0.3 is 11.1 Å². The van der Waals surface area contributed by atoms with Gasteiger partial charge in [0.1, 0.15) is 0 Å². The van der Waals surface area contributed by atoms with Crippen molar-refractivity contribution in [2.75, 3.05) is 11.1 Å². The van der Waals surface area contributed by atoms with Crippen LogP contribution in [0.4, 0.5) is 17.1 Å². The summed E-state index contributed by atoms with van der Waals surface area (Å²) in [5, 5.41) is 3.97. The summed E-state index contributed by atoms with van der Waals surface area (Å²) in [7, 11) is 0. The average molecular weight is 233 g/mol. The standard InChI is InChI=1S/C13H13ClN2/c1-9-6-7-10(15)8-13(9)16-12-5-3-2-4-11(12)14/h2-8,16H,15H2,1H3. The summed E-state index contributed by atoms with van der Waals surface area (Å²) in [6.45, 7) is 2.03. The molecule has 0 aromatic heterocycles. The van der Waals surface area contributed by atoms with Crippen LogP contribution in [0.5, 0.6) is 0 Å². The number of hydrogen-bond donors (Lipinski definition) is 2. The molecule has 0 radical (unpaired) electrons. The Kier molecular flexibility index (Phi) is 3.02. The first kappa shape index (κ1) is 10.8. The maximum atomic E-state index is 6.07. The first-order chi connectivity index (χ1) is 7.66. The summed E-state index contributed by atoms with van der Waals surface area (Å²) in [6, 6.07) is 13.4. The molecule has 2 aromatic carbocycles. The smallest absolute Gasteiger partial charge is 0.0640 e. The fourth-order valence-corrected chi connectivity index (χ4v) is 1.66. The molecular weight excluding hydrogens is 220 g/mol. The Morgan fingerprint density at radius 1 is 1.06 bits per heavy atom. The molecule has 16 heavy (non-hydrogen) atoms. The lowest BCUT2D eigenvalue weighted by Crippen LogP contribution is -1.95. The Morgan fingerprint density at radius 3 is 2.56 bits per heavy atom. The Labute approximate surface area is 100 Å². The van der Waals surface area contributed by atoms with Crippen molar-refractivity contribution in [2.45, 2.75) is 6.92 Å². The summed E-state index contributed by atoms with van der Waals surface area (Å²) in [6.07, 6.45) is 0. The summed E-state index contributed by atoms with van der Waals surface area (Å²) in [5.74, 6) is 0. The van der Waals surface area contributed by atoms with Crippen LogP contribution in [0.25, 0.3) is 0 Å². The number of hydrogen-bond acceptors (Lipinski definition) is 2. The molecule has 2 nitrogen and oxygen atoms in total. The normalized spacial score (nSPS) is 10.1. The summed E-state index contributed by atoms with van der Waals surface area (Å²) >= 11 is 6.07. The van der Waals surface area contributed by atoms with Gasteiger partial charge in [0.05, 0.1) is 10.7 Å². The molecule has 2 rings (SSSR count). The number of halogens is 1. The van der Waals surface area contributed by atoms with Crippen LogP contribution in [0.1, 0.15) is 5.56 Å². The van der Waals surface area contributed by atoms with E-state index in [-0.39, 0.29) is 0 Å². The average Bonchev–Trinajstić information content (AvgIpc) is 2.27. The molecule has 0 spiro atoms. The lowest BCUT2D eigenvalue weighted by molar-refractivity contribution is 1.43. The topological polar surface area (TPSA) is 38.0 Å². The Bertz CT molecular complexity index is 509. The van der Waals surface area contributed by atoms with Crippen molar-refractivity contribution in [3.05, 3.63) is 53.1 Å². The molecule has 3 heteroatoms. The fourth-order valence-electron chi connectivity index (χ4n) is 1.48. The van der Waals surface area contributed by atoms with Gasteiger partial charge in [0.15, 0.2) is 0 Å².